The summed E-state index contributed by atoms with van der Waals surface area (Å²) in [5, 5.41) is 2.82. The molecule has 0 fully saturated rings. The second-order valence-electron chi connectivity index (χ2n) is 6.80. The molecule has 30 heavy (non-hydrogen) atoms. The lowest BCUT2D eigenvalue weighted by Crippen LogP contribution is -2.04. The van der Waals surface area contributed by atoms with Crippen molar-refractivity contribution in [3.8, 4) is 0 Å². The molecule has 0 aliphatic carbocycles. The molecule has 4 aromatic rings. The Bertz CT molecular complexity index is 1360. The highest BCUT2D eigenvalue weighted by molar-refractivity contribution is 7.94. The number of aromatic nitrogens is 2. The van der Waals surface area contributed by atoms with E-state index in [1.54, 1.807) is 48.5 Å². The molecular formula is C22H18FN4O2S-. The first-order chi connectivity index (χ1) is 14.3. The quantitative estimate of drug-likeness (QED) is 0.458. The highest BCUT2D eigenvalue weighted by Gasteiger charge is 2.14. The minimum Gasteiger partial charge on any atom is -0.431 e. The van der Waals surface area contributed by atoms with E-state index >= 15 is 0 Å². The van der Waals surface area contributed by atoms with Crippen LogP contribution in [0.3, 0.4) is 0 Å². The summed E-state index contributed by atoms with van der Waals surface area (Å²) < 4.78 is 43.9. The molecule has 0 atom stereocenters. The monoisotopic (exact) mass is 421 g/mol. The van der Waals surface area contributed by atoms with Crippen molar-refractivity contribution >= 4 is 38.4 Å². The van der Waals surface area contributed by atoms with Gasteiger partial charge in [0.25, 0.3) is 0 Å². The van der Waals surface area contributed by atoms with Crippen molar-refractivity contribution < 1.29 is 12.8 Å². The highest BCUT2D eigenvalue weighted by Crippen LogP contribution is 2.35. The van der Waals surface area contributed by atoms with Crippen molar-refractivity contribution in [3.05, 3.63) is 88.4 Å². The molecule has 0 saturated heterocycles. The van der Waals surface area contributed by atoms with Crippen molar-refractivity contribution in [1.82, 2.24) is 9.97 Å². The Morgan fingerprint density at radius 2 is 1.53 bits per heavy atom. The summed E-state index contributed by atoms with van der Waals surface area (Å²) in [5.41, 5.74) is 2.95. The molecule has 4 rings (SSSR count). The number of sulfonamides is 1. The maximum atomic E-state index is 14.1. The Morgan fingerprint density at radius 3 is 2.23 bits per heavy atom. The summed E-state index contributed by atoms with van der Waals surface area (Å²) in [4.78, 5) is 8.83. The predicted molar refractivity (Wildman–Crippen MR) is 115 cm³/mol. The van der Waals surface area contributed by atoms with Gasteiger partial charge in [0.05, 0.1) is 16.1 Å². The second-order valence-corrected chi connectivity index (χ2v) is 8.41. The standard InChI is InChI=1S/C22H18FN4O2S/c1-14-11-12-16(13-15(14)2)30(28,29)27-22-21(24-18-8-4-3-7-17(18)23)25-19-9-5-6-10-20(19)26-22/h3-13H,1-2H3,(H-,24,25,26,27)/q-1. The SMILES string of the molecule is Cc1ccc(S(=O)(=O)[N-]c2nc3ccccc3nc2Nc2ccccc2F)cc1C. The molecule has 0 unspecified atom stereocenters. The number of anilines is 2. The smallest absolute Gasteiger partial charge is 0.202 e. The first-order valence-corrected chi connectivity index (χ1v) is 10.6. The largest absolute Gasteiger partial charge is 0.431 e. The van der Waals surface area contributed by atoms with E-state index in [2.05, 4.69) is 20.0 Å². The van der Waals surface area contributed by atoms with Crippen molar-refractivity contribution in [2.45, 2.75) is 18.7 Å². The van der Waals surface area contributed by atoms with Crippen LogP contribution in [0.5, 0.6) is 0 Å². The normalized spacial score (nSPS) is 11.4. The summed E-state index contributed by atoms with van der Waals surface area (Å²) in [6.45, 7) is 3.73. The zero-order valence-corrected chi connectivity index (χ0v) is 17.1. The van der Waals surface area contributed by atoms with Gasteiger partial charge >= 0.3 is 0 Å². The van der Waals surface area contributed by atoms with E-state index in [-0.39, 0.29) is 22.2 Å². The van der Waals surface area contributed by atoms with Crippen LogP contribution in [0.2, 0.25) is 0 Å². The van der Waals surface area contributed by atoms with Crippen molar-refractivity contribution in [2.24, 2.45) is 0 Å². The van der Waals surface area contributed by atoms with E-state index < -0.39 is 15.8 Å². The summed E-state index contributed by atoms with van der Waals surface area (Å²) in [6, 6.07) is 17.8. The summed E-state index contributed by atoms with van der Waals surface area (Å²) in [6.07, 6.45) is 0. The fourth-order valence-corrected chi connectivity index (χ4v) is 3.90. The molecule has 152 valence electrons. The number of nitrogens with zero attached hydrogens (tertiary/aromatic N) is 3. The van der Waals surface area contributed by atoms with Crippen LogP contribution in [-0.2, 0) is 10.0 Å². The van der Waals surface area contributed by atoms with E-state index in [0.717, 1.165) is 11.1 Å². The molecule has 1 N–H and O–H groups in total. The first kappa shape index (κ1) is 19.8. The van der Waals surface area contributed by atoms with Gasteiger partial charge in [0, 0.05) is 0 Å². The molecule has 0 amide bonds. The molecule has 3 aromatic carbocycles. The van der Waals surface area contributed by atoms with Crippen molar-refractivity contribution in [3.63, 3.8) is 0 Å². The van der Waals surface area contributed by atoms with Crippen LogP contribution < -0.4 is 5.32 Å². The third-order valence-electron chi connectivity index (χ3n) is 4.66. The average molecular weight is 421 g/mol. The first-order valence-electron chi connectivity index (χ1n) is 9.17. The van der Waals surface area contributed by atoms with Gasteiger partial charge in [-0.25, -0.2) is 17.8 Å². The molecule has 6 nitrogen and oxygen atoms in total. The van der Waals surface area contributed by atoms with Gasteiger partial charge in [-0.15, -0.1) is 0 Å². The zero-order chi connectivity index (χ0) is 21.3. The Kier molecular flexibility index (Phi) is 5.09. The van der Waals surface area contributed by atoms with Gasteiger partial charge in [0.15, 0.2) is 0 Å². The molecule has 0 aliphatic heterocycles. The Labute approximate surface area is 173 Å². The molecule has 0 spiro atoms. The van der Waals surface area contributed by atoms with Gasteiger partial charge in [-0.1, -0.05) is 36.4 Å². The zero-order valence-electron chi connectivity index (χ0n) is 16.3. The van der Waals surface area contributed by atoms with Crippen LogP contribution in [-0.4, -0.2) is 18.4 Å². The maximum absolute atomic E-state index is 14.1. The van der Waals surface area contributed by atoms with Gasteiger partial charge in [0.2, 0.25) is 10.0 Å². The lowest BCUT2D eigenvalue weighted by Gasteiger charge is -2.21. The maximum Gasteiger partial charge on any atom is 0.202 e. The Hall–Kier alpha value is -3.52. The van der Waals surface area contributed by atoms with Crippen LogP contribution in [0, 0.1) is 19.7 Å². The third kappa shape index (κ3) is 3.95. The Morgan fingerprint density at radius 1 is 0.867 bits per heavy atom. The number of nitrogens with one attached hydrogen (secondary N) is 1. The van der Waals surface area contributed by atoms with Gasteiger partial charge < -0.3 is 15.0 Å². The van der Waals surface area contributed by atoms with E-state index in [9.17, 15) is 12.8 Å². The lowest BCUT2D eigenvalue weighted by molar-refractivity contribution is 0.603. The van der Waals surface area contributed by atoms with E-state index in [1.165, 1.54) is 18.2 Å². The van der Waals surface area contributed by atoms with Crippen LogP contribution in [0.4, 0.5) is 21.7 Å². The topological polar surface area (TPSA) is 86.1 Å². The van der Waals surface area contributed by atoms with Gasteiger partial charge in [-0.05, 0) is 66.6 Å². The number of aryl methyl sites for hydroxylation is 2. The van der Waals surface area contributed by atoms with E-state index in [4.69, 9.17) is 0 Å². The van der Waals surface area contributed by atoms with Gasteiger partial charge in [0.1, 0.15) is 11.6 Å². The predicted octanol–water partition coefficient (Wildman–Crippen LogP) is 5.52. The van der Waals surface area contributed by atoms with Gasteiger partial charge in [-0.2, -0.15) is 0 Å². The molecule has 0 saturated carbocycles. The summed E-state index contributed by atoms with van der Waals surface area (Å²) in [5.74, 6) is -0.600. The number of halogens is 1. The molecule has 0 bridgehead atoms. The molecule has 0 aliphatic rings. The summed E-state index contributed by atoms with van der Waals surface area (Å²) in [7, 11) is -4.06. The van der Waals surface area contributed by atoms with Crippen LogP contribution in [0.15, 0.2) is 71.6 Å². The summed E-state index contributed by atoms with van der Waals surface area (Å²) >= 11 is 0. The van der Waals surface area contributed by atoms with Crippen molar-refractivity contribution in [2.75, 3.05) is 5.32 Å². The van der Waals surface area contributed by atoms with Crippen LogP contribution >= 0.6 is 0 Å². The number of benzene rings is 3. The highest BCUT2D eigenvalue weighted by atomic mass is 32.2. The molecule has 1 aromatic heterocycles. The van der Waals surface area contributed by atoms with Crippen LogP contribution in [0.25, 0.3) is 15.8 Å². The number of para-hydroxylation sites is 3. The fraction of sp³-hybridized carbons (Fsp3) is 0.0909. The molecule has 8 heteroatoms. The molecule has 1 heterocycles. The minimum absolute atomic E-state index is 0.0474. The molecule has 0 radical (unpaired) electrons. The fourth-order valence-electron chi connectivity index (χ4n) is 2.87. The Balaban J connectivity index is 1.80. The van der Waals surface area contributed by atoms with E-state index in [1.807, 2.05) is 13.8 Å². The average Bonchev–Trinajstić information content (AvgIpc) is 2.72. The van der Waals surface area contributed by atoms with Crippen LogP contribution in [0.1, 0.15) is 11.1 Å². The lowest BCUT2D eigenvalue weighted by atomic mass is 10.1. The third-order valence-corrected chi connectivity index (χ3v) is 5.92. The van der Waals surface area contributed by atoms with Crippen molar-refractivity contribution in [1.29, 1.82) is 0 Å². The number of rotatable bonds is 5. The second kappa shape index (κ2) is 7.72. The number of hydrogen-bond acceptors (Lipinski definition) is 5. The number of fused-ring (bicyclic) bond motifs is 1. The minimum atomic E-state index is -4.06. The van der Waals surface area contributed by atoms with E-state index in [0.29, 0.717) is 11.0 Å². The number of hydrogen-bond donors (Lipinski definition) is 1. The molecular weight excluding hydrogens is 403 g/mol. The van der Waals surface area contributed by atoms with Gasteiger partial charge in [-0.3, -0.25) is 0 Å².